The highest BCUT2D eigenvalue weighted by molar-refractivity contribution is 6.00. The lowest BCUT2D eigenvalue weighted by Crippen LogP contribution is -2.44. The van der Waals surface area contributed by atoms with Crippen molar-refractivity contribution >= 4 is 11.9 Å². The largest absolute Gasteiger partial charge is 0.491 e. The molecule has 32 heavy (non-hydrogen) atoms. The first-order valence-corrected chi connectivity index (χ1v) is 11.0. The fourth-order valence-corrected chi connectivity index (χ4v) is 4.96. The number of carbonyl (C=O) groups is 2. The van der Waals surface area contributed by atoms with Gasteiger partial charge in [-0.1, -0.05) is 26.0 Å². The molecule has 4 rings (SSSR count). The number of hydrogen-bond donors (Lipinski definition) is 2. The highest BCUT2D eigenvalue weighted by Gasteiger charge is 2.60. The number of hydrogen-bond acceptors (Lipinski definition) is 8. The van der Waals surface area contributed by atoms with Crippen molar-refractivity contribution in [2.75, 3.05) is 26.4 Å². The molecule has 1 saturated heterocycles. The summed E-state index contributed by atoms with van der Waals surface area (Å²) in [5, 5.41) is 18.3. The third-order valence-electron chi connectivity index (χ3n) is 6.51. The molecule has 1 spiro atoms. The van der Waals surface area contributed by atoms with Gasteiger partial charge in [-0.3, -0.25) is 9.59 Å². The summed E-state index contributed by atoms with van der Waals surface area (Å²) >= 11 is 0. The van der Waals surface area contributed by atoms with Crippen LogP contribution in [0.15, 0.2) is 41.7 Å². The van der Waals surface area contributed by atoms with Crippen molar-refractivity contribution in [2.45, 2.75) is 44.1 Å². The predicted molar refractivity (Wildman–Crippen MR) is 113 cm³/mol. The monoisotopic (exact) mass is 444 g/mol. The van der Waals surface area contributed by atoms with E-state index < -0.39 is 23.0 Å². The van der Waals surface area contributed by atoms with Gasteiger partial charge < -0.3 is 29.2 Å². The zero-order valence-corrected chi connectivity index (χ0v) is 18.3. The van der Waals surface area contributed by atoms with Crippen LogP contribution < -0.4 is 9.47 Å². The number of rotatable bonds is 8. The summed E-state index contributed by atoms with van der Waals surface area (Å²) in [6, 6.07) is 4.95. The van der Waals surface area contributed by atoms with Crippen molar-refractivity contribution in [3.63, 3.8) is 0 Å². The van der Waals surface area contributed by atoms with Crippen LogP contribution >= 0.6 is 0 Å². The van der Waals surface area contributed by atoms with Gasteiger partial charge in [0, 0.05) is 23.1 Å². The van der Waals surface area contributed by atoms with E-state index in [9.17, 15) is 14.7 Å². The second-order valence-corrected chi connectivity index (χ2v) is 8.16. The molecule has 2 heterocycles. The minimum atomic E-state index is -1.30. The number of fused-ring (bicyclic) bond motifs is 4. The molecule has 1 aromatic carbocycles. The molecule has 8 heteroatoms. The van der Waals surface area contributed by atoms with E-state index in [0.29, 0.717) is 29.1 Å². The molecule has 0 bridgehead atoms. The molecule has 0 aromatic heterocycles. The lowest BCUT2D eigenvalue weighted by atomic mass is 9.66. The van der Waals surface area contributed by atoms with Gasteiger partial charge in [-0.05, 0) is 25.0 Å². The second-order valence-electron chi connectivity index (χ2n) is 8.16. The van der Waals surface area contributed by atoms with E-state index in [1.807, 2.05) is 26.0 Å². The van der Waals surface area contributed by atoms with Crippen LogP contribution in [0.3, 0.4) is 0 Å². The number of esters is 2. The van der Waals surface area contributed by atoms with Crippen LogP contribution in [0.5, 0.6) is 11.5 Å². The number of aliphatic hydroxyl groups excluding tert-OH is 2. The molecule has 1 aromatic rings. The van der Waals surface area contributed by atoms with Gasteiger partial charge in [-0.2, -0.15) is 0 Å². The molecule has 3 unspecified atom stereocenters. The van der Waals surface area contributed by atoms with Gasteiger partial charge in [0.1, 0.15) is 29.3 Å². The van der Waals surface area contributed by atoms with Crippen molar-refractivity contribution in [3.8, 4) is 11.5 Å². The normalized spacial score (nSPS) is 28.4. The van der Waals surface area contributed by atoms with Crippen molar-refractivity contribution in [1.29, 1.82) is 0 Å². The van der Waals surface area contributed by atoms with E-state index in [1.54, 1.807) is 18.2 Å². The fourth-order valence-electron chi connectivity index (χ4n) is 4.96. The summed E-state index contributed by atoms with van der Waals surface area (Å²) in [4.78, 5) is 25.9. The lowest BCUT2D eigenvalue weighted by Gasteiger charge is -2.40. The molecule has 8 nitrogen and oxygen atoms in total. The molecule has 3 atom stereocenters. The van der Waals surface area contributed by atoms with Gasteiger partial charge in [0.25, 0.3) is 0 Å². The summed E-state index contributed by atoms with van der Waals surface area (Å²) in [5.74, 6) is -0.0731. The van der Waals surface area contributed by atoms with Crippen LogP contribution in [-0.2, 0) is 24.5 Å². The Kier molecular flexibility index (Phi) is 6.11. The first-order valence-electron chi connectivity index (χ1n) is 11.0. The Morgan fingerprint density at radius 1 is 1.12 bits per heavy atom. The third-order valence-corrected chi connectivity index (χ3v) is 6.51. The quantitative estimate of drug-likeness (QED) is 0.464. The molecule has 0 radical (unpaired) electrons. The van der Waals surface area contributed by atoms with E-state index in [-0.39, 0.29) is 44.5 Å². The molecule has 0 saturated carbocycles. The van der Waals surface area contributed by atoms with Crippen LogP contribution in [0.25, 0.3) is 0 Å². The van der Waals surface area contributed by atoms with Crippen molar-refractivity contribution in [1.82, 2.24) is 0 Å². The number of carbonyl (C=O) groups excluding carboxylic acids is 2. The predicted octanol–water partition coefficient (Wildman–Crippen LogP) is 2.17. The number of aliphatic hydroxyl groups is 2. The average Bonchev–Trinajstić information content (AvgIpc) is 3.05. The van der Waals surface area contributed by atoms with E-state index in [2.05, 4.69) is 0 Å². The molecule has 1 fully saturated rings. The molecule has 172 valence electrons. The minimum absolute atomic E-state index is 0.0715. The summed E-state index contributed by atoms with van der Waals surface area (Å²) in [5.41, 5.74) is -0.811. The Morgan fingerprint density at radius 2 is 1.91 bits per heavy atom. The zero-order valence-electron chi connectivity index (χ0n) is 18.3. The first kappa shape index (κ1) is 22.5. The van der Waals surface area contributed by atoms with Gasteiger partial charge in [-0.15, -0.1) is 0 Å². The molecule has 2 aliphatic heterocycles. The molecule has 0 amide bonds. The Hall–Kier alpha value is -2.68. The smallest absolute Gasteiger partial charge is 0.327 e. The highest BCUT2D eigenvalue weighted by atomic mass is 16.6. The Balaban J connectivity index is 1.82. The van der Waals surface area contributed by atoms with Gasteiger partial charge in [-0.25, -0.2) is 0 Å². The lowest BCUT2D eigenvalue weighted by molar-refractivity contribution is -0.147. The number of allylic oxidation sites excluding steroid dienone is 1. The van der Waals surface area contributed by atoms with Gasteiger partial charge >= 0.3 is 11.9 Å². The van der Waals surface area contributed by atoms with E-state index in [1.165, 1.54) is 0 Å². The SMILES string of the molecule is CCC1C=C2C(=CC1(CC)OCCO)OC(=O)C21CC(=O)Oc2cc(OCCO)ccc21. The summed E-state index contributed by atoms with van der Waals surface area (Å²) in [7, 11) is 0. The minimum Gasteiger partial charge on any atom is -0.491 e. The van der Waals surface area contributed by atoms with Gasteiger partial charge in [0.05, 0.1) is 31.8 Å². The highest BCUT2D eigenvalue weighted by Crippen LogP contribution is 2.55. The third kappa shape index (κ3) is 3.43. The van der Waals surface area contributed by atoms with Gasteiger partial charge in [0.15, 0.2) is 0 Å². The molecule has 3 aliphatic rings. The molecular formula is C24H28O8. The van der Waals surface area contributed by atoms with Crippen molar-refractivity contribution < 1.29 is 38.7 Å². The van der Waals surface area contributed by atoms with Crippen LogP contribution in [0, 0.1) is 5.92 Å². The molecule has 2 N–H and O–H groups in total. The maximum atomic E-state index is 13.3. The number of ether oxygens (including phenoxy) is 4. The average molecular weight is 444 g/mol. The Bertz CT molecular complexity index is 980. The van der Waals surface area contributed by atoms with E-state index in [0.717, 1.165) is 6.42 Å². The maximum absolute atomic E-state index is 13.3. The molecule has 1 aliphatic carbocycles. The summed E-state index contributed by atoms with van der Waals surface area (Å²) < 4.78 is 22.7. The first-order chi connectivity index (χ1) is 15.4. The van der Waals surface area contributed by atoms with Crippen molar-refractivity contribution in [2.24, 2.45) is 5.92 Å². The Morgan fingerprint density at radius 3 is 2.59 bits per heavy atom. The molecular weight excluding hydrogens is 416 g/mol. The number of benzene rings is 1. The van der Waals surface area contributed by atoms with Crippen molar-refractivity contribution in [3.05, 3.63) is 47.2 Å². The Labute approximate surface area is 186 Å². The van der Waals surface area contributed by atoms with E-state index in [4.69, 9.17) is 24.1 Å². The second kappa shape index (κ2) is 8.69. The zero-order chi connectivity index (χ0) is 22.9. The van der Waals surface area contributed by atoms with Gasteiger partial charge in [0.2, 0.25) is 0 Å². The summed E-state index contributed by atoms with van der Waals surface area (Å²) in [6.45, 7) is 4.03. The maximum Gasteiger partial charge on any atom is 0.327 e. The summed E-state index contributed by atoms with van der Waals surface area (Å²) in [6.07, 6.45) is 5.03. The standard InChI is InChI=1S/C24H28O8/c1-3-15-11-18-20(13-23(15,4-2)30-10-8-26)32-22(28)24(18)14-21(27)31-19-12-16(29-9-7-25)5-6-17(19)24/h5-6,11-13,15,25-26H,3-4,7-10,14H2,1-2H3. The topological polar surface area (TPSA) is 112 Å². The van der Waals surface area contributed by atoms with Crippen LogP contribution in [-0.4, -0.2) is 54.2 Å². The van der Waals surface area contributed by atoms with Crippen LogP contribution in [0.1, 0.15) is 38.7 Å². The fraction of sp³-hybridized carbons (Fsp3) is 0.500. The van der Waals surface area contributed by atoms with E-state index >= 15 is 0 Å². The van der Waals surface area contributed by atoms with Crippen LogP contribution in [0.4, 0.5) is 0 Å². The van der Waals surface area contributed by atoms with Crippen LogP contribution in [0.2, 0.25) is 0 Å².